The van der Waals surface area contributed by atoms with Crippen LogP contribution in [0.3, 0.4) is 0 Å². The Balaban J connectivity index is 1.58. The maximum Gasteiger partial charge on any atom is 0.236 e. The number of benzene rings is 2. The lowest BCUT2D eigenvalue weighted by Gasteiger charge is -2.33. The van der Waals surface area contributed by atoms with E-state index >= 15 is 0 Å². The van der Waals surface area contributed by atoms with Gasteiger partial charge in [-0.25, -0.2) is 8.42 Å². The molecule has 0 spiro atoms. The van der Waals surface area contributed by atoms with Crippen LogP contribution in [0, 0.1) is 6.92 Å². The molecule has 0 saturated carbocycles. The van der Waals surface area contributed by atoms with Crippen molar-refractivity contribution in [1.29, 1.82) is 0 Å². The van der Waals surface area contributed by atoms with Gasteiger partial charge in [0.1, 0.15) is 0 Å². The molecular formula is C20H24N2O2S. The van der Waals surface area contributed by atoms with Crippen molar-refractivity contribution >= 4 is 16.1 Å². The summed E-state index contributed by atoms with van der Waals surface area (Å²) in [6, 6.07) is 17.9. The number of sulfonamides is 1. The first-order chi connectivity index (χ1) is 12.0. The lowest BCUT2D eigenvalue weighted by molar-refractivity contribution is 0.182. The molecule has 0 bridgehead atoms. The average Bonchev–Trinajstić information content (AvgIpc) is 2.63. The number of hydrogen-bond donors (Lipinski definition) is 0. The van der Waals surface area contributed by atoms with E-state index in [-0.39, 0.29) is 0 Å². The molecule has 3 rings (SSSR count). The summed E-state index contributed by atoms with van der Waals surface area (Å²) in [7, 11) is -3.36. The number of nitrogens with zero attached hydrogens (tertiary/aromatic N) is 2. The fourth-order valence-corrected chi connectivity index (χ4v) is 4.16. The lowest BCUT2D eigenvalue weighted by atomic mass is 10.1. The molecule has 1 aliphatic heterocycles. The van der Waals surface area contributed by atoms with Gasteiger partial charge < -0.3 is 0 Å². The van der Waals surface area contributed by atoms with Gasteiger partial charge in [-0.05, 0) is 29.7 Å². The summed E-state index contributed by atoms with van der Waals surface area (Å²) < 4.78 is 26.6. The highest BCUT2D eigenvalue weighted by molar-refractivity contribution is 7.92. The minimum Gasteiger partial charge on any atom is -0.296 e. The summed E-state index contributed by atoms with van der Waals surface area (Å²) in [6.07, 6.45) is 1.66. The minimum atomic E-state index is -3.36. The molecule has 0 amide bonds. The second-order valence-corrected chi connectivity index (χ2v) is 8.18. The molecular weight excluding hydrogens is 332 g/mol. The van der Waals surface area contributed by atoms with Crippen LogP contribution >= 0.6 is 0 Å². The van der Waals surface area contributed by atoms with Crippen molar-refractivity contribution in [3.63, 3.8) is 0 Å². The van der Waals surface area contributed by atoms with Crippen molar-refractivity contribution in [1.82, 2.24) is 9.21 Å². The molecule has 0 aliphatic carbocycles. The van der Waals surface area contributed by atoms with E-state index in [1.165, 1.54) is 16.5 Å². The molecule has 0 atom stereocenters. The van der Waals surface area contributed by atoms with Crippen molar-refractivity contribution in [3.05, 3.63) is 76.7 Å². The van der Waals surface area contributed by atoms with E-state index in [1.54, 1.807) is 10.4 Å². The first-order valence-electron chi connectivity index (χ1n) is 8.55. The van der Waals surface area contributed by atoms with Crippen molar-refractivity contribution in [2.24, 2.45) is 0 Å². The Morgan fingerprint density at radius 2 is 1.56 bits per heavy atom. The van der Waals surface area contributed by atoms with E-state index in [1.807, 2.05) is 36.4 Å². The Morgan fingerprint density at radius 1 is 0.920 bits per heavy atom. The zero-order valence-corrected chi connectivity index (χ0v) is 15.3. The monoisotopic (exact) mass is 356 g/mol. The number of piperazine rings is 1. The molecule has 132 valence electrons. The third kappa shape index (κ3) is 4.78. The van der Waals surface area contributed by atoms with Gasteiger partial charge in [-0.3, -0.25) is 4.90 Å². The third-order valence-corrected chi connectivity index (χ3v) is 6.14. The SMILES string of the molecule is Cc1ccccc1CN1CCN(S(=O)(=O)/C=C/c2ccccc2)CC1. The largest absolute Gasteiger partial charge is 0.296 e. The summed E-state index contributed by atoms with van der Waals surface area (Å²) in [5, 5.41) is 1.32. The summed E-state index contributed by atoms with van der Waals surface area (Å²) in [5.41, 5.74) is 3.48. The van der Waals surface area contributed by atoms with Crippen LogP contribution in [0.5, 0.6) is 0 Å². The van der Waals surface area contributed by atoms with Gasteiger partial charge in [-0.1, -0.05) is 54.6 Å². The van der Waals surface area contributed by atoms with Gasteiger partial charge in [-0.2, -0.15) is 4.31 Å². The van der Waals surface area contributed by atoms with Gasteiger partial charge in [0.2, 0.25) is 10.0 Å². The molecule has 25 heavy (non-hydrogen) atoms. The van der Waals surface area contributed by atoms with Crippen molar-refractivity contribution < 1.29 is 8.42 Å². The van der Waals surface area contributed by atoms with E-state index in [2.05, 4.69) is 30.0 Å². The normalized spacial score (nSPS) is 17.2. The van der Waals surface area contributed by atoms with E-state index in [0.717, 1.165) is 25.2 Å². The Morgan fingerprint density at radius 3 is 2.24 bits per heavy atom. The number of aryl methyl sites for hydroxylation is 1. The topological polar surface area (TPSA) is 40.6 Å². The van der Waals surface area contributed by atoms with Crippen LogP contribution in [0.4, 0.5) is 0 Å². The van der Waals surface area contributed by atoms with E-state index < -0.39 is 10.0 Å². The molecule has 5 heteroatoms. The van der Waals surface area contributed by atoms with Crippen molar-refractivity contribution in [2.45, 2.75) is 13.5 Å². The lowest BCUT2D eigenvalue weighted by Crippen LogP contribution is -2.47. The van der Waals surface area contributed by atoms with Crippen LogP contribution in [0.1, 0.15) is 16.7 Å². The molecule has 1 heterocycles. The van der Waals surface area contributed by atoms with Gasteiger partial charge in [-0.15, -0.1) is 0 Å². The zero-order chi connectivity index (χ0) is 17.7. The first-order valence-corrected chi connectivity index (χ1v) is 10.0. The van der Waals surface area contributed by atoms with E-state index in [4.69, 9.17) is 0 Å². The second-order valence-electron chi connectivity index (χ2n) is 6.36. The molecule has 0 unspecified atom stereocenters. The van der Waals surface area contributed by atoms with Crippen LogP contribution < -0.4 is 0 Å². The van der Waals surface area contributed by atoms with Crippen LogP contribution in [-0.2, 0) is 16.6 Å². The third-order valence-electron chi connectivity index (χ3n) is 4.58. The molecule has 1 fully saturated rings. The Labute approximate surface area is 150 Å². The fourth-order valence-electron chi connectivity index (χ4n) is 2.99. The standard InChI is InChI=1S/C20H24N2O2S/c1-18-7-5-6-10-20(18)17-21-12-14-22(15-13-21)25(23,24)16-11-19-8-3-2-4-9-19/h2-11,16H,12-15,17H2,1H3/b16-11+. The predicted octanol–water partition coefficient (Wildman–Crippen LogP) is 3.11. The highest BCUT2D eigenvalue weighted by Crippen LogP contribution is 2.15. The molecule has 1 aliphatic rings. The van der Waals surface area contributed by atoms with Crippen LogP contribution in [0.2, 0.25) is 0 Å². The van der Waals surface area contributed by atoms with Gasteiger partial charge in [0.25, 0.3) is 0 Å². The quantitative estimate of drug-likeness (QED) is 0.826. The maximum atomic E-state index is 12.5. The summed E-state index contributed by atoms with van der Waals surface area (Å²) in [6.45, 7) is 5.57. The van der Waals surface area contributed by atoms with Gasteiger partial charge in [0.05, 0.1) is 0 Å². The van der Waals surface area contributed by atoms with Gasteiger partial charge >= 0.3 is 0 Å². The summed E-state index contributed by atoms with van der Waals surface area (Å²) in [5.74, 6) is 0. The van der Waals surface area contributed by atoms with Crippen LogP contribution in [0.25, 0.3) is 6.08 Å². The summed E-state index contributed by atoms with van der Waals surface area (Å²) >= 11 is 0. The highest BCUT2D eigenvalue weighted by atomic mass is 32.2. The minimum absolute atomic E-state index is 0.535. The highest BCUT2D eigenvalue weighted by Gasteiger charge is 2.25. The molecule has 4 nitrogen and oxygen atoms in total. The Bertz CT molecular complexity index is 824. The smallest absolute Gasteiger partial charge is 0.236 e. The fraction of sp³-hybridized carbons (Fsp3) is 0.300. The molecule has 0 radical (unpaired) electrons. The number of hydrogen-bond acceptors (Lipinski definition) is 3. The average molecular weight is 356 g/mol. The maximum absolute atomic E-state index is 12.5. The van der Waals surface area contributed by atoms with Gasteiger partial charge in [0, 0.05) is 38.1 Å². The molecule has 0 aromatic heterocycles. The predicted molar refractivity (Wildman–Crippen MR) is 102 cm³/mol. The van der Waals surface area contributed by atoms with Crippen LogP contribution in [0.15, 0.2) is 60.0 Å². The number of rotatable bonds is 5. The zero-order valence-electron chi connectivity index (χ0n) is 14.5. The molecule has 0 N–H and O–H groups in total. The summed E-state index contributed by atoms with van der Waals surface area (Å²) in [4.78, 5) is 2.31. The Kier molecular flexibility index (Phi) is 5.68. The van der Waals surface area contributed by atoms with Crippen molar-refractivity contribution in [3.8, 4) is 0 Å². The van der Waals surface area contributed by atoms with Gasteiger partial charge in [0.15, 0.2) is 0 Å². The van der Waals surface area contributed by atoms with Crippen molar-refractivity contribution in [2.75, 3.05) is 26.2 Å². The Hall–Kier alpha value is -1.95. The molecule has 2 aromatic rings. The second kappa shape index (κ2) is 7.95. The van der Waals surface area contributed by atoms with E-state index in [0.29, 0.717) is 13.1 Å². The first kappa shape index (κ1) is 17.9. The van der Waals surface area contributed by atoms with E-state index in [9.17, 15) is 8.42 Å². The molecule has 1 saturated heterocycles. The van der Waals surface area contributed by atoms with Crippen LogP contribution in [-0.4, -0.2) is 43.8 Å². The molecule has 2 aromatic carbocycles.